The van der Waals surface area contributed by atoms with Crippen LogP contribution in [0.3, 0.4) is 0 Å². The molecule has 0 aromatic carbocycles. The molecule has 4 nitrogen and oxygen atoms in total. The average molecular weight is 236 g/mol. The molecular formula is C9H11F3N2O2. The lowest BCUT2D eigenvalue weighted by Crippen LogP contribution is -2.09. The van der Waals surface area contributed by atoms with E-state index in [9.17, 15) is 13.2 Å². The van der Waals surface area contributed by atoms with E-state index in [2.05, 4.69) is 9.97 Å². The van der Waals surface area contributed by atoms with Crippen molar-refractivity contribution in [3.05, 3.63) is 18.1 Å². The van der Waals surface area contributed by atoms with Crippen LogP contribution in [0.1, 0.15) is 18.5 Å². The highest BCUT2D eigenvalue weighted by Gasteiger charge is 2.32. The largest absolute Gasteiger partial charge is 0.478 e. The first-order valence-corrected chi connectivity index (χ1v) is 4.67. The van der Waals surface area contributed by atoms with E-state index in [0.717, 1.165) is 12.4 Å². The highest BCUT2D eigenvalue weighted by molar-refractivity contribution is 5.15. The van der Waals surface area contributed by atoms with Gasteiger partial charge in [0.1, 0.15) is 6.33 Å². The van der Waals surface area contributed by atoms with Gasteiger partial charge in [-0.1, -0.05) is 0 Å². The summed E-state index contributed by atoms with van der Waals surface area (Å²) < 4.78 is 41.7. The van der Waals surface area contributed by atoms with E-state index in [4.69, 9.17) is 9.84 Å². The maximum absolute atomic E-state index is 12.2. The molecule has 0 radical (unpaired) electrons. The number of halogens is 3. The predicted octanol–water partition coefficient (Wildman–Crippen LogP) is 1.65. The lowest BCUT2D eigenvalue weighted by Gasteiger charge is -2.07. The lowest BCUT2D eigenvalue weighted by molar-refractivity contribution is -0.141. The third-order valence-corrected chi connectivity index (χ3v) is 1.73. The van der Waals surface area contributed by atoms with Crippen molar-refractivity contribution in [3.8, 4) is 5.88 Å². The number of unbranched alkanes of at least 4 members (excludes halogenated alkanes) is 1. The zero-order chi connectivity index (χ0) is 12.0. The molecule has 16 heavy (non-hydrogen) atoms. The molecule has 0 amide bonds. The van der Waals surface area contributed by atoms with E-state index in [-0.39, 0.29) is 19.1 Å². The van der Waals surface area contributed by atoms with Gasteiger partial charge in [0.15, 0.2) is 5.69 Å². The van der Waals surface area contributed by atoms with E-state index in [1.165, 1.54) is 0 Å². The summed E-state index contributed by atoms with van der Waals surface area (Å²) >= 11 is 0. The molecule has 0 saturated heterocycles. The van der Waals surface area contributed by atoms with Gasteiger partial charge < -0.3 is 9.84 Å². The van der Waals surface area contributed by atoms with E-state index in [1.54, 1.807) is 0 Å². The van der Waals surface area contributed by atoms with Gasteiger partial charge in [0.2, 0.25) is 5.88 Å². The highest BCUT2D eigenvalue weighted by Crippen LogP contribution is 2.28. The molecule has 0 aliphatic heterocycles. The van der Waals surface area contributed by atoms with Crippen LogP contribution in [-0.2, 0) is 6.18 Å². The molecule has 0 aliphatic rings. The first-order chi connectivity index (χ1) is 7.54. The Balaban J connectivity index is 2.54. The summed E-state index contributed by atoms with van der Waals surface area (Å²) in [6.45, 7) is 0.246. The Morgan fingerprint density at radius 1 is 1.25 bits per heavy atom. The fraction of sp³-hybridized carbons (Fsp3) is 0.556. The summed E-state index contributed by atoms with van der Waals surface area (Å²) in [5.74, 6) is -0.111. The van der Waals surface area contributed by atoms with E-state index >= 15 is 0 Å². The fourth-order valence-corrected chi connectivity index (χ4v) is 0.964. The molecule has 1 N–H and O–H groups in total. The summed E-state index contributed by atoms with van der Waals surface area (Å²) in [6, 6.07) is 0.749. The smallest absolute Gasteiger partial charge is 0.433 e. The number of alkyl halides is 3. The molecule has 0 unspecified atom stereocenters. The third kappa shape index (κ3) is 4.01. The van der Waals surface area contributed by atoms with Crippen molar-refractivity contribution in [1.82, 2.24) is 9.97 Å². The normalized spacial score (nSPS) is 11.5. The molecule has 7 heteroatoms. The van der Waals surface area contributed by atoms with Crippen LogP contribution in [-0.4, -0.2) is 28.3 Å². The number of aliphatic hydroxyl groups excluding tert-OH is 1. The highest BCUT2D eigenvalue weighted by atomic mass is 19.4. The van der Waals surface area contributed by atoms with Gasteiger partial charge >= 0.3 is 6.18 Å². The molecule has 1 heterocycles. The van der Waals surface area contributed by atoms with Crippen molar-refractivity contribution >= 4 is 0 Å². The standard InChI is InChI=1S/C9H11F3N2O2/c10-9(11,12)7-5-8(14-6-13-7)16-4-2-1-3-15/h5-6,15H,1-4H2. The number of hydrogen-bond acceptors (Lipinski definition) is 4. The number of rotatable bonds is 5. The Morgan fingerprint density at radius 3 is 2.62 bits per heavy atom. The summed E-state index contributed by atoms with van der Waals surface area (Å²) in [5, 5.41) is 8.48. The molecule has 1 rings (SSSR count). The summed E-state index contributed by atoms with van der Waals surface area (Å²) in [4.78, 5) is 6.65. The number of ether oxygens (including phenoxy) is 1. The van der Waals surface area contributed by atoms with Crippen LogP contribution < -0.4 is 4.74 Å². The van der Waals surface area contributed by atoms with Crippen molar-refractivity contribution in [2.75, 3.05) is 13.2 Å². The molecule has 0 atom stereocenters. The minimum Gasteiger partial charge on any atom is -0.478 e. The molecule has 1 aromatic rings. The second-order valence-corrected chi connectivity index (χ2v) is 3.02. The number of aromatic nitrogens is 2. The molecule has 90 valence electrons. The van der Waals surface area contributed by atoms with Gasteiger partial charge in [-0.25, -0.2) is 9.97 Å². The Hall–Kier alpha value is -1.37. The monoisotopic (exact) mass is 236 g/mol. The van der Waals surface area contributed by atoms with Crippen LogP contribution in [0.4, 0.5) is 13.2 Å². The van der Waals surface area contributed by atoms with Gasteiger partial charge in [-0.15, -0.1) is 0 Å². The van der Waals surface area contributed by atoms with Gasteiger partial charge in [-0.3, -0.25) is 0 Å². The zero-order valence-corrected chi connectivity index (χ0v) is 8.37. The maximum Gasteiger partial charge on any atom is 0.433 e. The Bertz CT molecular complexity index is 331. The molecule has 0 spiro atoms. The number of hydrogen-bond donors (Lipinski definition) is 1. The van der Waals surface area contributed by atoms with Gasteiger partial charge in [-0.2, -0.15) is 13.2 Å². The van der Waals surface area contributed by atoms with Crippen LogP contribution in [0.15, 0.2) is 12.4 Å². The van der Waals surface area contributed by atoms with Crippen molar-refractivity contribution in [1.29, 1.82) is 0 Å². The second kappa shape index (κ2) is 5.64. The Kier molecular flexibility index (Phi) is 4.48. The van der Waals surface area contributed by atoms with Crippen molar-refractivity contribution < 1.29 is 23.0 Å². The quantitative estimate of drug-likeness (QED) is 0.790. The van der Waals surface area contributed by atoms with Crippen LogP contribution in [0, 0.1) is 0 Å². The van der Waals surface area contributed by atoms with Crippen molar-refractivity contribution in [2.24, 2.45) is 0 Å². The summed E-state index contributed by atoms with van der Waals surface area (Å²) in [7, 11) is 0. The SMILES string of the molecule is OCCCCOc1cc(C(F)(F)F)ncn1. The maximum atomic E-state index is 12.2. The van der Waals surface area contributed by atoms with Crippen LogP contribution >= 0.6 is 0 Å². The fourth-order valence-electron chi connectivity index (χ4n) is 0.964. The predicted molar refractivity (Wildman–Crippen MR) is 48.8 cm³/mol. The summed E-state index contributed by atoms with van der Waals surface area (Å²) in [6.07, 6.45) is -2.59. The van der Waals surface area contributed by atoms with Gasteiger partial charge in [0.25, 0.3) is 0 Å². The van der Waals surface area contributed by atoms with E-state index < -0.39 is 11.9 Å². The van der Waals surface area contributed by atoms with Gasteiger partial charge in [0.05, 0.1) is 6.61 Å². The minimum absolute atomic E-state index is 0.0287. The molecule has 0 bridgehead atoms. The van der Waals surface area contributed by atoms with Gasteiger partial charge in [-0.05, 0) is 12.8 Å². The Labute approximate surface area is 90.1 Å². The lowest BCUT2D eigenvalue weighted by atomic mass is 10.3. The van der Waals surface area contributed by atoms with Crippen molar-refractivity contribution in [3.63, 3.8) is 0 Å². The van der Waals surface area contributed by atoms with Crippen LogP contribution in [0.25, 0.3) is 0 Å². The molecule has 1 aromatic heterocycles. The number of nitrogens with zero attached hydrogens (tertiary/aromatic N) is 2. The zero-order valence-electron chi connectivity index (χ0n) is 8.37. The van der Waals surface area contributed by atoms with Crippen molar-refractivity contribution in [2.45, 2.75) is 19.0 Å². The second-order valence-electron chi connectivity index (χ2n) is 3.02. The third-order valence-electron chi connectivity index (χ3n) is 1.73. The van der Waals surface area contributed by atoms with E-state index in [0.29, 0.717) is 12.8 Å². The molecule has 0 saturated carbocycles. The van der Waals surface area contributed by atoms with Crippen LogP contribution in [0.2, 0.25) is 0 Å². The Morgan fingerprint density at radius 2 is 2.00 bits per heavy atom. The topological polar surface area (TPSA) is 55.2 Å². The average Bonchev–Trinajstić information content (AvgIpc) is 2.24. The van der Waals surface area contributed by atoms with Gasteiger partial charge in [0, 0.05) is 12.7 Å². The minimum atomic E-state index is -4.49. The van der Waals surface area contributed by atoms with Crippen LogP contribution in [0.5, 0.6) is 5.88 Å². The first kappa shape index (κ1) is 12.7. The molecule has 0 fully saturated rings. The number of aliphatic hydroxyl groups is 1. The summed E-state index contributed by atoms with van der Waals surface area (Å²) in [5.41, 5.74) is -1.03. The first-order valence-electron chi connectivity index (χ1n) is 4.67. The molecule has 0 aliphatic carbocycles. The molecular weight excluding hydrogens is 225 g/mol. The van der Waals surface area contributed by atoms with E-state index in [1.807, 2.05) is 0 Å².